The largest absolute Gasteiger partial charge is 0.462 e. The first-order chi connectivity index (χ1) is 16.4. The lowest BCUT2D eigenvalue weighted by Gasteiger charge is -2.68. The molecule has 0 aromatic carbocycles. The summed E-state index contributed by atoms with van der Waals surface area (Å²) in [5.41, 5.74) is -6.15. The molecule has 4 rings (SSSR count). The Morgan fingerprint density at radius 2 is 1.58 bits per heavy atom. The van der Waals surface area contributed by atoms with Crippen LogP contribution in [-0.4, -0.2) is 46.8 Å². The normalized spacial score (nSPS) is 45.7. The summed E-state index contributed by atoms with van der Waals surface area (Å²) in [6.45, 7) is 13.3. The Morgan fingerprint density at radius 3 is 2.14 bits per heavy atom. The van der Waals surface area contributed by atoms with Gasteiger partial charge in [-0.1, -0.05) is 34.6 Å². The number of cyclic esters (lactones) is 1. The standard InChI is InChI=1S/C28H38O8/c1-9-17(30)28(8)23(34)27(7)19(32)12-16-25(5)11-10-18(31)24(3,4)15(25)13-20(35-14(2)29)26(16,6)21(27)22(33)36-28/h15-16,20-21H,9-13H2,1-8H3/t15-,16+,20-,21-,25-,26-,27-,28-/m0/s1. The van der Waals surface area contributed by atoms with Crippen LogP contribution in [0.15, 0.2) is 0 Å². The van der Waals surface area contributed by atoms with Gasteiger partial charge in [-0.3, -0.25) is 28.8 Å². The fraction of sp³-hybridized carbons (Fsp3) is 0.786. The summed E-state index contributed by atoms with van der Waals surface area (Å²) in [6.07, 6.45) is 0.380. The fourth-order valence-corrected chi connectivity index (χ4v) is 8.75. The summed E-state index contributed by atoms with van der Waals surface area (Å²) in [7, 11) is 0. The molecule has 8 nitrogen and oxygen atoms in total. The molecule has 0 radical (unpaired) electrons. The molecule has 8 heteroatoms. The summed E-state index contributed by atoms with van der Waals surface area (Å²) in [5.74, 6) is -4.69. The quantitative estimate of drug-likeness (QED) is 0.425. The molecule has 0 spiro atoms. The van der Waals surface area contributed by atoms with Gasteiger partial charge in [-0.05, 0) is 43.9 Å². The number of fused-ring (bicyclic) bond motifs is 5. The second kappa shape index (κ2) is 7.81. The van der Waals surface area contributed by atoms with Gasteiger partial charge in [-0.25, -0.2) is 0 Å². The first-order valence-corrected chi connectivity index (χ1v) is 13.0. The second-order valence-corrected chi connectivity index (χ2v) is 12.8. The molecule has 1 saturated heterocycles. The monoisotopic (exact) mass is 502 g/mol. The third-order valence-electron chi connectivity index (χ3n) is 10.7. The highest BCUT2D eigenvalue weighted by molar-refractivity contribution is 6.24. The highest BCUT2D eigenvalue weighted by Gasteiger charge is 2.77. The molecule has 36 heavy (non-hydrogen) atoms. The van der Waals surface area contributed by atoms with E-state index in [0.29, 0.717) is 19.3 Å². The number of hydrogen-bond donors (Lipinski definition) is 0. The van der Waals surface area contributed by atoms with Crippen LogP contribution in [0.4, 0.5) is 0 Å². The van der Waals surface area contributed by atoms with Gasteiger partial charge in [0, 0.05) is 37.0 Å². The Bertz CT molecular complexity index is 1090. The summed E-state index contributed by atoms with van der Waals surface area (Å²) in [6, 6.07) is 0. The van der Waals surface area contributed by atoms with Crippen molar-refractivity contribution in [3.8, 4) is 0 Å². The molecule has 3 aliphatic carbocycles. The molecule has 0 aromatic rings. The maximum absolute atomic E-state index is 14.0. The van der Waals surface area contributed by atoms with Gasteiger partial charge in [0.25, 0.3) is 0 Å². The minimum Gasteiger partial charge on any atom is -0.462 e. The number of rotatable bonds is 3. The number of Topliss-reactive ketones (excluding diaryl/α,β-unsaturated/α-hetero) is 4. The van der Waals surface area contributed by atoms with Gasteiger partial charge in [0.1, 0.15) is 23.1 Å². The van der Waals surface area contributed by atoms with E-state index >= 15 is 0 Å². The minimum absolute atomic E-state index is 0.00600. The Balaban J connectivity index is 1.94. The van der Waals surface area contributed by atoms with Crippen molar-refractivity contribution in [3.63, 3.8) is 0 Å². The molecule has 8 atom stereocenters. The Morgan fingerprint density at radius 1 is 0.972 bits per heavy atom. The smallest absolute Gasteiger partial charge is 0.312 e. The van der Waals surface area contributed by atoms with Gasteiger partial charge in [-0.2, -0.15) is 0 Å². The van der Waals surface area contributed by atoms with Crippen LogP contribution in [0.5, 0.6) is 0 Å². The molecule has 0 bridgehead atoms. The van der Waals surface area contributed by atoms with Crippen LogP contribution < -0.4 is 0 Å². The molecule has 198 valence electrons. The lowest BCUT2D eigenvalue weighted by Crippen LogP contribution is -2.75. The predicted octanol–water partition coefficient (Wildman–Crippen LogP) is 3.41. The van der Waals surface area contributed by atoms with Crippen LogP contribution in [0, 0.1) is 39.4 Å². The van der Waals surface area contributed by atoms with Crippen molar-refractivity contribution in [2.75, 3.05) is 0 Å². The van der Waals surface area contributed by atoms with Crippen molar-refractivity contribution in [3.05, 3.63) is 0 Å². The average Bonchev–Trinajstić information content (AvgIpc) is 2.78. The Hall–Kier alpha value is -2.38. The van der Waals surface area contributed by atoms with Crippen LogP contribution in [0.1, 0.15) is 87.5 Å². The number of hydrogen-bond acceptors (Lipinski definition) is 8. The van der Waals surface area contributed by atoms with E-state index in [0.717, 1.165) is 0 Å². The van der Waals surface area contributed by atoms with Gasteiger partial charge >= 0.3 is 11.9 Å². The number of esters is 2. The summed E-state index contributed by atoms with van der Waals surface area (Å²) in [4.78, 5) is 79.7. The molecular weight excluding hydrogens is 464 g/mol. The van der Waals surface area contributed by atoms with Crippen molar-refractivity contribution in [2.45, 2.75) is 99.2 Å². The zero-order chi connectivity index (χ0) is 27.2. The first-order valence-electron chi connectivity index (χ1n) is 13.0. The maximum Gasteiger partial charge on any atom is 0.312 e. The molecule has 3 saturated carbocycles. The van der Waals surface area contributed by atoms with E-state index in [4.69, 9.17) is 9.47 Å². The first kappa shape index (κ1) is 26.7. The van der Waals surface area contributed by atoms with E-state index in [1.165, 1.54) is 20.8 Å². The summed E-state index contributed by atoms with van der Waals surface area (Å²) >= 11 is 0. The molecule has 4 fully saturated rings. The molecular formula is C28H38O8. The van der Waals surface area contributed by atoms with Crippen LogP contribution in [0.25, 0.3) is 0 Å². The molecule has 0 amide bonds. The number of carbonyl (C=O) groups is 6. The van der Waals surface area contributed by atoms with E-state index in [2.05, 4.69) is 6.92 Å². The zero-order valence-corrected chi connectivity index (χ0v) is 22.6. The molecule has 0 unspecified atom stereocenters. The highest BCUT2D eigenvalue weighted by atomic mass is 16.6. The molecule has 0 N–H and O–H groups in total. The van der Waals surface area contributed by atoms with E-state index in [-0.39, 0.29) is 24.5 Å². The third-order valence-corrected chi connectivity index (χ3v) is 10.7. The fourth-order valence-electron chi connectivity index (χ4n) is 8.75. The van der Waals surface area contributed by atoms with Crippen LogP contribution in [-0.2, 0) is 38.2 Å². The minimum atomic E-state index is -2.03. The number of ketones is 4. The van der Waals surface area contributed by atoms with Crippen LogP contribution in [0.2, 0.25) is 0 Å². The number of carbonyl (C=O) groups excluding carboxylic acids is 6. The molecule has 0 aromatic heterocycles. The second-order valence-electron chi connectivity index (χ2n) is 12.8. The SMILES string of the molecule is CCC(=O)[C@]1(C)OC(=O)[C@@H]2[C@](C)(C(=O)C[C@@H]3[C@@]4(C)CCC(=O)C(C)(C)[C@@H]4C[C@H](OC(C)=O)[C@@]23C)C1=O. The van der Waals surface area contributed by atoms with Crippen molar-refractivity contribution in [1.82, 2.24) is 0 Å². The Labute approximate surface area is 212 Å². The lowest BCUT2D eigenvalue weighted by atomic mass is 9.35. The topological polar surface area (TPSA) is 121 Å². The van der Waals surface area contributed by atoms with Crippen molar-refractivity contribution >= 4 is 35.1 Å². The van der Waals surface area contributed by atoms with Gasteiger partial charge < -0.3 is 9.47 Å². The van der Waals surface area contributed by atoms with Crippen molar-refractivity contribution in [2.24, 2.45) is 39.4 Å². The van der Waals surface area contributed by atoms with E-state index in [1.54, 1.807) is 6.92 Å². The van der Waals surface area contributed by atoms with E-state index < -0.39 is 74.5 Å². The average molecular weight is 503 g/mol. The predicted molar refractivity (Wildman–Crippen MR) is 127 cm³/mol. The van der Waals surface area contributed by atoms with Gasteiger partial charge in [0.05, 0.1) is 5.92 Å². The van der Waals surface area contributed by atoms with Gasteiger partial charge in [0.15, 0.2) is 11.6 Å². The van der Waals surface area contributed by atoms with E-state index in [9.17, 15) is 28.8 Å². The lowest BCUT2D eigenvalue weighted by molar-refractivity contribution is -0.250. The summed E-state index contributed by atoms with van der Waals surface area (Å²) in [5, 5.41) is 0. The third kappa shape index (κ3) is 3.05. The highest BCUT2D eigenvalue weighted by Crippen LogP contribution is 2.71. The van der Waals surface area contributed by atoms with E-state index in [1.807, 2.05) is 20.8 Å². The zero-order valence-electron chi connectivity index (χ0n) is 22.6. The summed E-state index contributed by atoms with van der Waals surface area (Å²) < 4.78 is 11.5. The molecule has 1 heterocycles. The van der Waals surface area contributed by atoms with Crippen molar-refractivity contribution < 1.29 is 38.2 Å². The molecule has 1 aliphatic heterocycles. The van der Waals surface area contributed by atoms with Crippen LogP contribution >= 0.6 is 0 Å². The van der Waals surface area contributed by atoms with Crippen LogP contribution in [0.3, 0.4) is 0 Å². The van der Waals surface area contributed by atoms with Gasteiger partial charge in [-0.15, -0.1) is 0 Å². The Kier molecular flexibility index (Phi) is 5.79. The van der Waals surface area contributed by atoms with Gasteiger partial charge in [0.2, 0.25) is 5.60 Å². The number of ether oxygens (including phenoxy) is 2. The molecule has 4 aliphatic rings. The van der Waals surface area contributed by atoms with Crippen molar-refractivity contribution in [1.29, 1.82) is 0 Å². The maximum atomic E-state index is 14.0.